The van der Waals surface area contributed by atoms with E-state index in [4.69, 9.17) is 4.98 Å². The van der Waals surface area contributed by atoms with E-state index in [0.29, 0.717) is 0 Å². The highest BCUT2D eigenvalue weighted by atomic mass is 32.1. The van der Waals surface area contributed by atoms with E-state index in [1.54, 1.807) is 11.3 Å². The predicted molar refractivity (Wildman–Crippen MR) is 160 cm³/mol. The van der Waals surface area contributed by atoms with Gasteiger partial charge in [0, 0.05) is 56.6 Å². The van der Waals surface area contributed by atoms with Crippen LogP contribution >= 0.6 is 11.3 Å². The van der Waals surface area contributed by atoms with Gasteiger partial charge < -0.3 is 9.80 Å². The van der Waals surface area contributed by atoms with Crippen LogP contribution in [-0.2, 0) is 0 Å². The first-order chi connectivity index (χ1) is 18.0. The molecule has 0 aliphatic heterocycles. The Kier molecular flexibility index (Phi) is 7.15. The summed E-state index contributed by atoms with van der Waals surface area (Å²) in [5, 5.41) is 2.19. The fourth-order valence-electron chi connectivity index (χ4n) is 4.15. The summed E-state index contributed by atoms with van der Waals surface area (Å²) in [4.78, 5) is 10.2. The van der Waals surface area contributed by atoms with Crippen LogP contribution in [0.2, 0.25) is 0 Å². The molecule has 0 radical (unpaired) electrons. The van der Waals surface area contributed by atoms with Crippen molar-refractivity contribution in [2.45, 2.75) is 0 Å². The van der Waals surface area contributed by atoms with E-state index < -0.39 is 0 Å². The molecule has 37 heavy (non-hydrogen) atoms. The molecule has 0 saturated heterocycles. The molecule has 4 nitrogen and oxygen atoms in total. The molecule has 0 fully saturated rings. The molecular formula is C32H31N4S+. The zero-order valence-electron chi connectivity index (χ0n) is 21.7. The molecule has 2 aromatic heterocycles. The van der Waals surface area contributed by atoms with Gasteiger partial charge in [0.15, 0.2) is 11.4 Å². The summed E-state index contributed by atoms with van der Waals surface area (Å²) in [5.74, 6) is 0. The van der Waals surface area contributed by atoms with Crippen LogP contribution in [0.15, 0.2) is 90.3 Å². The quantitative estimate of drug-likeness (QED) is 0.223. The second-order valence-electron chi connectivity index (χ2n) is 9.35. The van der Waals surface area contributed by atoms with Crippen LogP contribution in [0, 0.1) is 0 Å². The molecule has 3 aromatic carbocycles. The lowest BCUT2D eigenvalue weighted by Crippen LogP contribution is -2.27. The van der Waals surface area contributed by atoms with Gasteiger partial charge in [-0.25, -0.2) is 0 Å². The number of aromatic nitrogens is 2. The largest absolute Gasteiger partial charge is 0.388 e. The molecule has 0 bridgehead atoms. The van der Waals surface area contributed by atoms with Gasteiger partial charge in [0.05, 0.1) is 0 Å². The number of hydrogen-bond acceptors (Lipinski definition) is 4. The number of benzene rings is 3. The Morgan fingerprint density at radius 2 is 1.24 bits per heavy atom. The standard InChI is InChI=1S/C32H31N4S/c1-34(2)28-17-11-24(12-18-28)10-16-27-22-30(21-15-25-13-19-29(20-14-25)35(3)4)36-31(23-37-32(36)33-27)26-8-6-5-7-9-26/h5-23H,1-4H3/q+1. The van der Waals surface area contributed by atoms with E-state index in [0.717, 1.165) is 33.2 Å². The molecule has 0 unspecified atom stereocenters. The normalized spacial score (nSPS) is 11.6. The van der Waals surface area contributed by atoms with Crippen molar-refractivity contribution in [3.63, 3.8) is 0 Å². The fourth-order valence-corrected chi connectivity index (χ4v) is 5.07. The second kappa shape index (κ2) is 10.8. The minimum Gasteiger partial charge on any atom is -0.378 e. The molecule has 0 spiro atoms. The summed E-state index contributed by atoms with van der Waals surface area (Å²) >= 11 is 1.66. The highest BCUT2D eigenvalue weighted by Crippen LogP contribution is 2.23. The van der Waals surface area contributed by atoms with Crippen LogP contribution in [0.4, 0.5) is 11.4 Å². The maximum atomic E-state index is 4.98. The van der Waals surface area contributed by atoms with E-state index >= 15 is 0 Å². The summed E-state index contributed by atoms with van der Waals surface area (Å²) in [6, 6.07) is 29.8. The van der Waals surface area contributed by atoms with E-state index in [1.165, 1.54) is 16.9 Å². The molecule has 2 heterocycles. The molecule has 0 saturated carbocycles. The molecule has 5 heteroatoms. The molecular weight excluding hydrogens is 472 g/mol. The Bertz CT molecular complexity index is 1550. The second-order valence-corrected chi connectivity index (χ2v) is 10.2. The minimum absolute atomic E-state index is 0.931. The molecule has 0 amide bonds. The summed E-state index contributed by atoms with van der Waals surface area (Å²) in [6.45, 7) is 0. The summed E-state index contributed by atoms with van der Waals surface area (Å²) < 4.78 is 2.24. The van der Waals surface area contributed by atoms with Gasteiger partial charge in [-0.05, 0) is 63.9 Å². The zero-order chi connectivity index (χ0) is 25.8. The van der Waals surface area contributed by atoms with Crippen molar-refractivity contribution in [3.8, 4) is 11.3 Å². The number of anilines is 2. The summed E-state index contributed by atoms with van der Waals surface area (Å²) in [6.07, 6.45) is 8.57. The lowest BCUT2D eigenvalue weighted by molar-refractivity contribution is -0.500. The third-order valence-electron chi connectivity index (χ3n) is 6.27. The number of fused-ring (bicyclic) bond motifs is 1. The van der Waals surface area contributed by atoms with Crippen molar-refractivity contribution < 1.29 is 4.40 Å². The highest BCUT2D eigenvalue weighted by molar-refractivity contribution is 7.14. The SMILES string of the molecule is CN(C)c1ccc(/C=C/c2cc(/C=C/c3ccc(N(C)C)cc3)[n+]3c(-c4ccccc4)csc3n2)cc1. The van der Waals surface area contributed by atoms with Crippen LogP contribution in [0.3, 0.4) is 0 Å². The smallest absolute Gasteiger partial charge is 0.378 e. The lowest BCUT2D eigenvalue weighted by atomic mass is 10.1. The Balaban J connectivity index is 1.54. The van der Waals surface area contributed by atoms with E-state index in [1.807, 2.05) is 6.07 Å². The topological polar surface area (TPSA) is 23.5 Å². The third kappa shape index (κ3) is 5.63. The number of hydrogen-bond donors (Lipinski definition) is 0. The van der Waals surface area contributed by atoms with Gasteiger partial charge in [-0.1, -0.05) is 66.7 Å². The molecule has 0 aliphatic rings. The average Bonchev–Trinajstić information content (AvgIpc) is 3.36. The molecule has 184 valence electrons. The number of thiazole rings is 1. The van der Waals surface area contributed by atoms with Crippen molar-refractivity contribution in [2.24, 2.45) is 0 Å². The molecule has 5 aromatic rings. The maximum Gasteiger partial charge on any atom is 0.388 e. The molecule has 5 rings (SSSR count). The van der Waals surface area contributed by atoms with Gasteiger partial charge in [0.2, 0.25) is 0 Å². The van der Waals surface area contributed by atoms with E-state index in [9.17, 15) is 0 Å². The maximum absolute atomic E-state index is 4.98. The van der Waals surface area contributed by atoms with Crippen molar-refractivity contribution in [1.82, 2.24) is 4.98 Å². The Morgan fingerprint density at radius 1 is 0.676 bits per heavy atom. The molecule has 0 N–H and O–H groups in total. The van der Waals surface area contributed by atoms with Gasteiger partial charge in [-0.15, -0.1) is 0 Å². The van der Waals surface area contributed by atoms with Gasteiger partial charge in [0.1, 0.15) is 5.69 Å². The number of nitrogens with zero attached hydrogens (tertiary/aromatic N) is 4. The van der Waals surface area contributed by atoms with Crippen LogP contribution in [0.25, 0.3) is 40.5 Å². The molecule has 0 atom stereocenters. The first-order valence-electron chi connectivity index (χ1n) is 12.3. The first-order valence-corrected chi connectivity index (χ1v) is 13.2. The summed E-state index contributed by atoms with van der Waals surface area (Å²) in [5.41, 5.74) is 9.02. The Labute approximate surface area is 223 Å². The van der Waals surface area contributed by atoms with Gasteiger partial charge >= 0.3 is 4.96 Å². The van der Waals surface area contributed by atoms with Crippen LogP contribution < -0.4 is 14.2 Å². The fraction of sp³-hybridized carbons (Fsp3) is 0.125. The van der Waals surface area contributed by atoms with Gasteiger partial charge in [-0.3, -0.25) is 0 Å². The van der Waals surface area contributed by atoms with Crippen LogP contribution in [0.1, 0.15) is 22.5 Å². The zero-order valence-corrected chi connectivity index (χ0v) is 22.5. The van der Waals surface area contributed by atoms with Crippen molar-refractivity contribution in [3.05, 3.63) is 113 Å². The third-order valence-corrected chi connectivity index (χ3v) is 7.09. The first kappa shape index (κ1) is 24.5. The lowest BCUT2D eigenvalue weighted by Gasteiger charge is -2.11. The Hall–Kier alpha value is -4.22. The Morgan fingerprint density at radius 3 is 1.81 bits per heavy atom. The van der Waals surface area contributed by atoms with Crippen molar-refractivity contribution in [1.29, 1.82) is 0 Å². The number of rotatable bonds is 7. The average molecular weight is 504 g/mol. The van der Waals surface area contributed by atoms with E-state index in [2.05, 4.69) is 151 Å². The predicted octanol–water partition coefficient (Wildman–Crippen LogP) is 7.02. The van der Waals surface area contributed by atoms with Crippen molar-refractivity contribution in [2.75, 3.05) is 38.0 Å². The van der Waals surface area contributed by atoms with Gasteiger partial charge in [0.25, 0.3) is 0 Å². The monoisotopic (exact) mass is 503 g/mol. The molecule has 0 aliphatic carbocycles. The highest BCUT2D eigenvalue weighted by Gasteiger charge is 2.19. The minimum atomic E-state index is 0.931. The van der Waals surface area contributed by atoms with Crippen molar-refractivity contribution >= 4 is 52.0 Å². The van der Waals surface area contributed by atoms with Crippen LogP contribution in [0.5, 0.6) is 0 Å². The van der Waals surface area contributed by atoms with E-state index in [-0.39, 0.29) is 0 Å². The summed E-state index contributed by atoms with van der Waals surface area (Å²) in [7, 11) is 8.22. The van der Waals surface area contributed by atoms with Gasteiger partial charge in [-0.2, -0.15) is 4.40 Å². The van der Waals surface area contributed by atoms with Crippen LogP contribution in [-0.4, -0.2) is 33.2 Å².